The molecule has 13 heavy (non-hydrogen) atoms. The lowest BCUT2D eigenvalue weighted by Crippen LogP contribution is -2.50. The molecule has 0 amide bonds. The second-order valence-corrected chi connectivity index (χ2v) is 5.26. The third-order valence-corrected chi connectivity index (χ3v) is 4.90. The summed E-state index contributed by atoms with van der Waals surface area (Å²) in [7, 11) is 0. The van der Waals surface area contributed by atoms with Gasteiger partial charge in [0.25, 0.3) is 0 Å². The highest BCUT2D eigenvalue weighted by Gasteiger charge is 2.67. The summed E-state index contributed by atoms with van der Waals surface area (Å²) in [4.78, 5) is 0. The van der Waals surface area contributed by atoms with Gasteiger partial charge in [-0.3, -0.25) is 0 Å². The van der Waals surface area contributed by atoms with Gasteiger partial charge in [0.2, 0.25) is 0 Å². The molecule has 4 atom stereocenters. The summed E-state index contributed by atoms with van der Waals surface area (Å²) in [5.41, 5.74) is -1.40. The third kappa shape index (κ3) is 0.774. The van der Waals surface area contributed by atoms with E-state index in [4.69, 9.17) is 0 Å². The van der Waals surface area contributed by atoms with Crippen LogP contribution in [0.25, 0.3) is 0 Å². The smallest absolute Gasteiger partial charge is 0.0964 e. The molecule has 3 aliphatic carbocycles. The van der Waals surface area contributed by atoms with Gasteiger partial charge in [-0.15, -0.1) is 0 Å². The quantitative estimate of drug-likeness (QED) is 0.595. The summed E-state index contributed by atoms with van der Waals surface area (Å²) in [5, 5.41) is 21.0. The summed E-state index contributed by atoms with van der Waals surface area (Å²) in [6.45, 7) is 0. The molecule has 0 aromatic rings. The van der Waals surface area contributed by atoms with Crippen molar-refractivity contribution in [2.75, 3.05) is 0 Å². The van der Waals surface area contributed by atoms with Crippen molar-refractivity contribution in [2.24, 2.45) is 11.8 Å². The van der Waals surface area contributed by atoms with Crippen molar-refractivity contribution in [3.63, 3.8) is 0 Å². The molecule has 4 bridgehead atoms. The fourth-order valence-electron chi connectivity index (χ4n) is 4.17. The van der Waals surface area contributed by atoms with E-state index < -0.39 is 11.2 Å². The Bertz CT molecular complexity index is 238. The van der Waals surface area contributed by atoms with Crippen molar-refractivity contribution in [1.29, 1.82) is 0 Å². The van der Waals surface area contributed by atoms with Crippen LogP contribution < -0.4 is 0 Å². The molecule has 2 nitrogen and oxygen atoms in total. The highest BCUT2D eigenvalue weighted by Crippen LogP contribution is 2.62. The molecule has 2 heteroatoms. The first kappa shape index (κ1) is 8.25. The maximum absolute atomic E-state index is 10.5. The molecule has 0 aromatic heterocycles. The molecule has 4 unspecified atom stereocenters. The van der Waals surface area contributed by atoms with Crippen molar-refractivity contribution >= 4 is 0 Å². The monoisotopic (exact) mass is 182 g/mol. The Morgan fingerprint density at radius 3 is 2.38 bits per heavy atom. The first-order chi connectivity index (χ1) is 6.17. The van der Waals surface area contributed by atoms with Gasteiger partial charge < -0.3 is 10.2 Å². The van der Waals surface area contributed by atoms with Crippen LogP contribution in [0.15, 0.2) is 0 Å². The zero-order valence-corrected chi connectivity index (χ0v) is 8.00. The molecule has 0 spiro atoms. The topological polar surface area (TPSA) is 40.5 Å². The lowest BCUT2D eigenvalue weighted by molar-refractivity contribution is -0.139. The molecular formula is C11H18O2. The molecule has 74 valence electrons. The summed E-state index contributed by atoms with van der Waals surface area (Å²) in [6.07, 6.45) is 7.24. The Balaban J connectivity index is 2.06. The Kier molecular flexibility index (Phi) is 1.45. The fraction of sp³-hybridized carbons (Fsp3) is 1.00. The lowest BCUT2D eigenvalue weighted by Gasteiger charge is -2.36. The average molecular weight is 182 g/mol. The Morgan fingerprint density at radius 1 is 0.846 bits per heavy atom. The summed E-state index contributed by atoms with van der Waals surface area (Å²) < 4.78 is 0. The average Bonchev–Trinajstić information content (AvgIpc) is 2.37. The second kappa shape index (κ2) is 2.29. The van der Waals surface area contributed by atoms with Crippen molar-refractivity contribution in [3.05, 3.63) is 0 Å². The van der Waals surface area contributed by atoms with E-state index in [1.54, 1.807) is 0 Å². The lowest BCUT2D eigenvalue weighted by atomic mass is 9.80. The highest BCUT2D eigenvalue weighted by molar-refractivity contribution is 5.18. The van der Waals surface area contributed by atoms with E-state index in [0.29, 0.717) is 11.8 Å². The minimum Gasteiger partial charge on any atom is -0.387 e. The summed E-state index contributed by atoms with van der Waals surface area (Å²) in [6, 6.07) is 0. The van der Waals surface area contributed by atoms with Gasteiger partial charge in [0, 0.05) is 0 Å². The van der Waals surface area contributed by atoms with Crippen molar-refractivity contribution in [3.8, 4) is 0 Å². The Morgan fingerprint density at radius 2 is 1.54 bits per heavy atom. The van der Waals surface area contributed by atoms with E-state index in [2.05, 4.69) is 0 Å². The zero-order chi connectivity index (χ0) is 9.10. The van der Waals surface area contributed by atoms with Gasteiger partial charge >= 0.3 is 0 Å². The van der Waals surface area contributed by atoms with Gasteiger partial charge in [0.1, 0.15) is 0 Å². The van der Waals surface area contributed by atoms with Gasteiger partial charge in [-0.1, -0.05) is 12.8 Å². The van der Waals surface area contributed by atoms with Gasteiger partial charge in [-0.05, 0) is 43.9 Å². The molecule has 3 fully saturated rings. The molecular weight excluding hydrogens is 164 g/mol. The second-order valence-electron chi connectivity index (χ2n) is 5.26. The minimum absolute atomic E-state index is 0.402. The van der Waals surface area contributed by atoms with E-state index in [0.717, 1.165) is 38.5 Å². The van der Waals surface area contributed by atoms with Gasteiger partial charge in [0.05, 0.1) is 11.2 Å². The van der Waals surface area contributed by atoms with Crippen LogP contribution in [0.3, 0.4) is 0 Å². The standard InChI is InChI=1S/C11H18O2/c12-10-5-2-1-3-8-7-9(10)4-6-11(8,10)13/h8-9,12-13H,1-7H2. The number of hydrogen-bond acceptors (Lipinski definition) is 2. The molecule has 3 rings (SSSR count). The zero-order valence-electron chi connectivity index (χ0n) is 8.00. The van der Waals surface area contributed by atoms with E-state index in [1.165, 1.54) is 6.42 Å². The minimum atomic E-state index is -0.700. The number of aliphatic hydroxyl groups is 2. The summed E-state index contributed by atoms with van der Waals surface area (Å²) in [5.74, 6) is 0.807. The maximum atomic E-state index is 10.5. The van der Waals surface area contributed by atoms with Crippen molar-refractivity contribution in [1.82, 2.24) is 0 Å². The first-order valence-corrected chi connectivity index (χ1v) is 5.61. The van der Waals surface area contributed by atoms with Crippen LogP contribution in [0.1, 0.15) is 44.9 Å². The maximum Gasteiger partial charge on any atom is 0.0964 e. The first-order valence-electron chi connectivity index (χ1n) is 5.61. The fourth-order valence-corrected chi connectivity index (χ4v) is 4.17. The Labute approximate surface area is 79.0 Å². The normalized spacial score (nSPS) is 59.5. The molecule has 0 aliphatic heterocycles. The third-order valence-electron chi connectivity index (χ3n) is 4.90. The molecule has 3 saturated carbocycles. The Hall–Kier alpha value is -0.0800. The number of hydrogen-bond donors (Lipinski definition) is 2. The molecule has 2 N–H and O–H groups in total. The van der Waals surface area contributed by atoms with Crippen molar-refractivity contribution in [2.45, 2.75) is 56.1 Å². The highest BCUT2D eigenvalue weighted by atomic mass is 16.4. The summed E-state index contributed by atoms with van der Waals surface area (Å²) >= 11 is 0. The SMILES string of the molecule is OC12CCCCC3CC1CCC32O. The molecule has 0 aromatic carbocycles. The molecule has 0 saturated heterocycles. The van der Waals surface area contributed by atoms with E-state index in [1.807, 2.05) is 0 Å². The van der Waals surface area contributed by atoms with Crippen LogP contribution in [0.2, 0.25) is 0 Å². The van der Waals surface area contributed by atoms with Crippen LogP contribution >= 0.6 is 0 Å². The van der Waals surface area contributed by atoms with Crippen LogP contribution in [0, 0.1) is 11.8 Å². The van der Waals surface area contributed by atoms with Crippen LogP contribution in [-0.4, -0.2) is 21.4 Å². The van der Waals surface area contributed by atoms with Crippen LogP contribution in [0.4, 0.5) is 0 Å². The van der Waals surface area contributed by atoms with Gasteiger partial charge in [-0.2, -0.15) is 0 Å². The van der Waals surface area contributed by atoms with Crippen molar-refractivity contribution < 1.29 is 10.2 Å². The number of rotatable bonds is 0. The molecule has 0 heterocycles. The van der Waals surface area contributed by atoms with E-state index >= 15 is 0 Å². The van der Waals surface area contributed by atoms with E-state index in [-0.39, 0.29) is 0 Å². The predicted octanol–water partition coefficient (Wildman–Crippen LogP) is 1.45. The predicted molar refractivity (Wildman–Crippen MR) is 49.2 cm³/mol. The largest absolute Gasteiger partial charge is 0.387 e. The van der Waals surface area contributed by atoms with Crippen LogP contribution in [-0.2, 0) is 0 Å². The van der Waals surface area contributed by atoms with E-state index in [9.17, 15) is 10.2 Å². The molecule has 3 aliphatic rings. The molecule has 0 radical (unpaired) electrons. The van der Waals surface area contributed by atoms with Gasteiger partial charge in [0.15, 0.2) is 0 Å². The van der Waals surface area contributed by atoms with Crippen LogP contribution in [0.5, 0.6) is 0 Å². The van der Waals surface area contributed by atoms with Gasteiger partial charge in [-0.25, -0.2) is 0 Å².